The zero-order valence-electron chi connectivity index (χ0n) is 17.5. The molecule has 168 valence electrons. The van der Waals surface area contributed by atoms with Crippen molar-refractivity contribution in [3.05, 3.63) is 29.5 Å². The van der Waals surface area contributed by atoms with Crippen molar-refractivity contribution < 1.29 is 13.2 Å². The summed E-state index contributed by atoms with van der Waals surface area (Å²) in [5, 5.41) is 11.2. The fraction of sp³-hybridized carbons (Fsp3) is 0.400. The largest absolute Gasteiger partial charge is 0.378 e. The predicted octanol–water partition coefficient (Wildman–Crippen LogP) is 1.60. The zero-order valence-corrected chi connectivity index (χ0v) is 19.2. The standard InChI is InChI=1S/C20H23N7O3S2/c1-32(28,29)7-2-21-9-13-8-16-18(31-13)20(27-3-5-30-6-4-27)25-19(24-16)15-10-22-12-17-14(15)11-23-26-17/h8,10-12,21H,2-7,9H2,1H3,(H,23,26). The van der Waals surface area contributed by atoms with Crippen LogP contribution in [0.4, 0.5) is 5.82 Å². The van der Waals surface area contributed by atoms with Crippen molar-refractivity contribution in [1.29, 1.82) is 0 Å². The van der Waals surface area contributed by atoms with Crippen molar-refractivity contribution in [2.24, 2.45) is 0 Å². The van der Waals surface area contributed by atoms with Crippen molar-refractivity contribution in [3.63, 3.8) is 0 Å². The molecule has 12 heteroatoms. The van der Waals surface area contributed by atoms with Crippen LogP contribution < -0.4 is 10.2 Å². The molecule has 10 nitrogen and oxygen atoms in total. The SMILES string of the molecule is CS(=O)(=O)CCNCc1cc2nc(-c3cncc4[nH]ncc34)nc(N3CCOCC3)c2s1. The molecule has 0 aliphatic carbocycles. The van der Waals surface area contributed by atoms with Crippen LogP contribution in [0.15, 0.2) is 24.7 Å². The van der Waals surface area contributed by atoms with E-state index in [9.17, 15) is 8.42 Å². The van der Waals surface area contributed by atoms with Crippen LogP contribution in [0.3, 0.4) is 0 Å². The minimum Gasteiger partial charge on any atom is -0.378 e. The first-order valence-electron chi connectivity index (χ1n) is 10.3. The molecule has 2 N–H and O–H groups in total. The minimum absolute atomic E-state index is 0.114. The average Bonchev–Trinajstić information content (AvgIpc) is 3.42. The molecule has 5 heterocycles. The number of fused-ring (bicyclic) bond motifs is 2. The number of pyridine rings is 1. The van der Waals surface area contributed by atoms with Crippen LogP contribution in [-0.2, 0) is 21.1 Å². The highest BCUT2D eigenvalue weighted by Crippen LogP contribution is 2.35. The van der Waals surface area contributed by atoms with Gasteiger partial charge in [-0.15, -0.1) is 11.3 Å². The molecular formula is C20H23N7O3S2. The van der Waals surface area contributed by atoms with Gasteiger partial charge in [0.15, 0.2) is 11.6 Å². The minimum atomic E-state index is -2.99. The van der Waals surface area contributed by atoms with E-state index in [-0.39, 0.29) is 5.75 Å². The number of hydrogen-bond donors (Lipinski definition) is 2. The number of H-pyrrole nitrogens is 1. The lowest BCUT2D eigenvalue weighted by atomic mass is 10.2. The molecule has 0 spiro atoms. The van der Waals surface area contributed by atoms with Crippen LogP contribution in [0.2, 0.25) is 0 Å². The van der Waals surface area contributed by atoms with E-state index in [0.29, 0.717) is 32.1 Å². The summed E-state index contributed by atoms with van der Waals surface area (Å²) in [6.45, 7) is 3.83. The van der Waals surface area contributed by atoms with E-state index in [1.165, 1.54) is 6.26 Å². The number of nitrogens with one attached hydrogen (secondary N) is 2. The maximum atomic E-state index is 11.4. The van der Waals surface area contributed by atoms with Gasteiger partial charge in [0.2, 0.25) is 0 Å². The number of aromatic amines is 1. The molecule has 0 unspecified atom stereocenters. The number of ether oxygens (including phenoxy) is 1. The van der Waals surface area contributed by atoms with Gasteiger partial charge >= 0.3 is 0 Å². The third kappa shape index (κ3) is 4.44. The first kappa shape index (κ1) is 21.2. The van der Waals surface area contributed by atoms with Gasteiger partial charge in [0.1, 0.15) is 9.84 Å². The Balaban J connectivity index is 1.53. The number of nitrogens with zero attached hydrogens (tertiary/aromatic N) is 5. The Hall–Kier alpha value is -2.67. The molecule has 5 rings (SSSR count). The van der Waals surface area contributed by atoms with E-state index in [4.69, 9.17) is 14.7 Å². The summed E-state index contributed by atoms with van der Waals surface area (Å²) in [6, 6.07) is 2.05. The van der Waals surface area contributed by atoms with Crippen LogP contribution in [0, 0.1) is 0 Å². The Labute approximate surface area is 189 Å². The molecule has 0 aromatic carbocycles. The maximum absolute atomic E-state index is 11.4. The summed E-state index contributed by atoms with van der Waals surface area (Å²) in [7, 11) is -2.99. The molecule has 1 aliphatic heterocycles. The quantitative estimate of drug-likeness (QED) is 0.385. The van der Waals surface area contributed by atoms with Gasteiger partial charge in [-0.25, -0.2) is 18.4 Å². The van der Waals surface area contributed by atoms with Crippen molar-refractivity contribution in [1.82, 2.24) is 30.5 Å². The first-order valence-corrected chi connectivity index (χ1v) is 13.1. The second-order valence-corrected chi connectivity index (χ2v) is 11.1. The van der Waals surface area contributed by atoms with Crippen molar-refractivity contribution in [2.45, 2.75) is 6.54 Å². The van der Waals surface area contributed by atoms with Crippen LogP contribution in [0.1, 0.15) is 4.88 Å². The Bertz CT molecular complexity index is 1360. The lowest BCUT2D eigenvalue weighted by molar-refractivity contribution is 0.122. The molecule has 0 bridgehead atoms. The van der Waals surface area contributed by atoms with Gasteiger partial charge < -0.3 is 15.0 Å². The van der Waals surface area contributed by atoms with Crippen molar-refractivity contribution >= 4 is 48.1 Å². The normalized spacial score (nSPS) is 15.1. The van der Waals surface area contributed by atoms with Gasteiger partial charge in [-0.05, 0) is 6.07 Å². The smallest absolute Gasteiger partial charge is 0.164 e. The third-order valence-corrected chi connectivity index (χ3v) is 7.34. The van der Waals surface area contributed by atoms with E-state index in [1.807, 2.05) is 6.07 Å². The summed E-state index contributed by atoms with van der Waals surface area (Å²) < 4.78 is 29.3. The molecule has 32 heavy (non-hydrogen) atoms. The van der Waals surface area contributed by atoms with Crippen LogP contribution in [0.5, 0.6) is 0 Å². The molecule has 1 fully saturated rings. The fourth-order valence-corrected chi connectivity index (χ4v) is 5.27. The van der Waals surface area contributed by atoms with Crippen LogP contribution in [0.25, 0.3) is 32.5 Å². The fourth-order valence-electron chi connectivity index (χ4n) is 3.67. The summed E-state index contributed by atoms with van der Waals surface area (Å²) in [4.78, 5) is 17.4. The summed E-state index contributed by atoms with van der Waals surface area (Å²) in [5.74, 6) is 1.61. The highest BCUT2D eigenvalue weighted by atomic mass is 32.2. The molecular weight excluding hydrogens is 450 g/mol. The van der Waals surface area contributed by atoms with Crippen molar-refractivity contribution in [2.75, 3.05) is 49.8 Å². The number of anilines is 1. The number of hydrogen-bond acceptors (Lipinski definition) is 10. The van der Waals surface area contributed by atoms with Crippen molar-refractivity contribution in [3.8, 4) is 11.4 Å². The number of morpholine rings is 1. The lowest BCUT2D eigenvalue weighted by Crippen LogP contribution is -2.36. The number of thiophene rings is 1. The Morgan fingerprint density at radius 2 is 2.06 bits per heavy atom. The number of sulfone groups is 1. The van der Waals surface area contributed by atoms with Gasteiger partial charge in [-0.2, -0.15) is 5.10 Å². The monoisotopic (exact) mass is 473 g/mol. The molecule has 0 radical (unpaired) electrons. The predicted molar refractivity (Wildman–Crippen MR) is 125 cm³/mol. The molecule has 4 aromatic heterocycles. The van der Waals surface area contributed by atoms with Crippen LogP contribution >= 0.6 is 11.3 Å². The Morgan fingerprint density at radius 3 is 2.88 bits per heavy atom. The van der Waals surface area contributed by atoms with Gasteiger partial charge in [-0.3, -0.25) is 10.1 Å². The van der Waals surface area contributed by atoms with Crippen LogP contribution in [-0.4, -0.2) is 78.4 Å². The van der Waals surface area contributed by atoms with Gasteiger partial charge in [0, 0.05) is 54.5 Å². The summed E-state index contributed by atoms with van der Waals surface area (Å²) in [5.41, 5.74) is 2.52. The number of rotatable bonds is 7. The maximum Gasteiger partial charge on any atom is 0.164 e. The molecule has 1 aliphatic rings. The molecule has 1 saturated heterocycles. The molecule has 0 atom stereocenters. The third-order valence-electron chi connectivity index (χ3n) is 5.27. The summed E-state index contributed by atoms with van der Waals surface area (Å²) >= 11 is 1.63. The van der Waals surface area contributed by atoms with Gasteiger partial charge in [-0.1, -0.05) is 0 Å². The number of aromatic nitrogens is 5. The second-order valence-electron chi connectivity index (χ2n) is 7.72. The van der Waals surface area contributed by atoms with E-state index in [0.717, 1.165) is 50.5 Å². The van der Waals surface area contributed by atoms with Gasteiger partial charge in [0.25, 0.3) is 0 Å². The second kappa shape index (κ2) is 8.70. The van der Waals surface area contributed by atoms with Gasteiger partial charge in [0.05, 0.1) is 47.1 Å². The molecule has 0 amide bonds. The van der Waals surface area contributed by atoms with E-state index in [1.54, 1.807) is 29.9 Å². The highest BCUT2D eigenvalue weighted by molar-refractivity contribution is 7.90. The van der Waals surface area contributed by atoms with E-state index in [2.05, 4.69) is 25.4 Å². The summed E-state index contributed by atoms with van der Waals surface area (Å²) in [6.07, 6.45) is 6.51. The molecule has 0 saturated carbocycles. The highest BCUT2D eigenvalue weighted by Gasteiger charge is 2.21. The average molecular weight is 474 g/mol. The Kier molecular flexibility index (Phi) is 5.76. The Morgan fingerprint density at radius 1 is 1.22 bits per heavy atom. The zero-order chi connectivity index (χ0) is 22.1. The molecule has 4 aromatic rings. The topological polar surface area (TPSA) is 126 Å². The van der Waals surface area contributed by atoms with E-state index >= 15 is 0 Å². The van der Waals surface area contributed by atoms with E-state index < -0.39 is 9.84 Å². The first-order chi connectivity index (χ1) is 15.5. The lowest BCUT2D eigenvalue weighted by Gasteiger charge is -2.28.